The lowest BCUT2D eigenvalue weighted by Crippen LogP contribution is -2.46. The van der Waals surface area contributed by atoms with Crippen molar-refractivity contribution >= 4 is 18.1 Å². The smallest absolute Gasteiger partial charge is 0.317 e. The van der Waals surface area contributed by atoms with Crippen molar-refractivity contribution in [2.75, 3.05) is 39.8 Å². The number of nitrogens with zero attached hydrogens (tertiary/aromatic N) is 3. The van der Waals surface area contributed by atoms with E-state index in [-0.39, 0.29) is 41.4 Å². The first-order valence-corrected chi connectivity index (χ1v) is 13.6. The highest BCUT2D eigenvalue weighted by molar-refractivity contribution is 5.74. The molecule has 0 aromatic heterocycles. The number of hydrogen-bond acceptors (Lipinski definition) is 5. The number of nitrogens with two attached hydrogens (primary N) is 1. The molecule has 0 bridgehead atoms. The Kier molecular flexibility index (Phi) is 11.2. The molecule has 0 unspecified atom stereocenters. The zero-order valence-corrected chi connectivity index (χ0v) is 23.4. The van der Waals surface area contributed by atoms with Crippen LogP contribution in [0.3, 0.4) is 0 Å². The van der Waals surface area contributed by atoms with E-state index in [4.69, 9.17) is 15.2 Å². The van der Waals surface area contributed by atoms with Gasteiger partial charge in [0.15, 0.2) is 0 Å². The van der Waals surface area contributed by atoms with Gasteiger partial charge in [0, 0.05) is 82.8 Å². The molecule has 0 aliphatic carbocycles. The number of alkyl halides is 2. The number of ether oxygens (including phenoxy) is 2. The number of likely N-dealkylation sites (tertiary alicyclic amines) is 2. The predicted molar refractivity (Wildman–Crippen MR) is 149 cm³/mol. The number of amidine groups is 1. The number of aliphatic imine (C=N–C) groups is 1. The van der Waals surface area contributed by atoms with E-state index in [2.05, 4.69) is 15.6 Å². The van der Waals surface area contributed by atoms with Gasteiger partial charge in [0.1, 0.15) is 18.0 Å². The van der Waals surface area contributed by atoms with Crippen LogP contribution in [0.4, 0.5) is 18.4 Å². The SMILES string of the molecule is CCNC(=O)N1CCC(OC(N)=N/C=C\C=C(C)C(F)(F)c2ccc(OC3CCN(C(=O)NC)CC3)cc2)CC1. The van der Waals surface area contributed by atoms with E-state index in [0.29, 0.717) is 64.2 Å². The summed E-state index contributed by atoms with van der Waals surface area (Å²) in [5, 5.41) is 5.38. The summed E-state index contributed by atoms with van der Waals surface area (Å²) in [6, 6.07) is 5.54. The molecule has 2 heterocycles. The summed E-state index contributed by atoms with van der Waals surface area (Å²) in [4.78, 5) is 31.0. The summed E-state index contributed by atoms with van der Waals surface area (Å²) < 4.78 is 41.6. The zero-order valence-electron chi connectivity index (χ0n) is 23.4. The Hall–Kier alpha value is -3.83. The second-order valence-corrected chi connectivity index (χ2v) is 9.76. The fraction of sp³-hybridized carbons (Fsp3) is 0.536. The molecule has 4 amide bonds. The molecule has 10 nitrogen and oxygen atoms in total. The summed E-state index contributed by atoms with van der Waals surface area (Å²) in [5.74, 6) is -2.68. The Morgan fingerprint density at radius 1 is 1.05 bits per heavy atom. The highest BCUT2D eigenvalue weighted by atomic mass is 19.3. The minimum Gasteiger partial charge on any atom is -0.490 e. The summed E-state index contributed by atoms with van der Waals surface area (Å²) >= 11 is 0. The number of piperidine rings is 2. The van der Waals surface area contributed by atoms with Gasteiger partial charge in [-0.1, -0.05) is 6.08 Å². The Morgan fingerprint density at radius 3 is 2.20 bits per heavy atom. The lowest BCUT2D eigenvalue weighted by molar-refractivity contribution is 0.0379. The molecule has 0 radical (unpaired) electrons. The number of nitrogens with one attached hydrogen (secondary N) is 2. The standard InChI is InChI=1S/C28H40F2N6O4/c1-4-33-27(38)36-18-13-24(14-19-36)40-25(31)34-15-5-6-20(2)28(29,30)21-7-9-22(10-8-21)39-23-11-16-35(17-12-23)26(37)32-3/h5-10,15,23-24H,4,11-14,16-19H2,1-3H3,(H2,31,34)(H,32,37)(H,33,38)/b15-5-,20-6?. The number of urea groups is 2. The van der Waals surface area contributed by atoms with E-state index in [1.54, 1.807) is 29.0 Å². The second kappa shape index (κ2) is 14.5. The number of halogens is 2. The third kappa shape index (κ3) is 8.59. The van der Waals surface area contributed by atoms with Crippen molar-refractivity contribution in [1.82, 2.24) is 20.4 Å². The number of carbonyl (C=O) groups excluding carboxylic acids is 2. The van der Waals surface area contributed by atoms with Gasteiger partial charge in [-0.2, -0.15) is 8.78 Å². The van der Waals surface area contributed by atoms with Crippen molar-refractivity contribution in [3.05, 3.63) is 53.8 Å². The molecular weight excluding hydrogens is 522 g/mol. The maximum absolute atomic E-state index is 15.0. The monoisotopic (exact) mass is 562 g/mol. The van der Waals surface area contributed by atoms with Crippen LogP contribution in [0.5, 0.6) is 5.75 Å². The topological polar surface area (TPSA) is 122 Å². The highest BCUT2D eigenvalue weighted by Crippen LogP contribution is 2.36. The Morgan fingerprint density at radius 2 is 1.62 bits per heavy atom. The van der Waals surface area contributed by atoms with Crippen molar-refractivity contribution in [2.24, 2.45) is 10.7 Å². The van der Waals surface area contributed by atoms with Crippen molar-refractivity contribution < 1.29 is 27.8 Å². The number of amides is 4. The molecule has 4 N–H and O–H groups in total. The van der Waals surface area contributed by atoms with E-state index in [1.807, 2.05) is 6.92 Å². The number of allylic oxidation sites excluding steroid dienone is 3. The van der Waals surface area contributed by atoms with Crippen LogP contribution in [0.25, 0.3) is 0 Å². The first kappa shape index (κ1) is 30.7. The van der Waals surface area contributed by atoms with Crippen LogP contribution >= 0.6 is 0 Å². The van der Waals surface area contributed by atoms with Crippen molar-refractivity contribution in [1.29, 1.82) is 0 Å². The molecule has 2 saturated heterocycles. The Bertz CT molecular complexity index is 1080. The highest BCUT2D eigenvalue weighted by Gasteiger charge is 2.33. The van der Waals surface area contributed by atoms with Crippen LogP contribution in [0, 0.1) is 0 Å². The molecule has 0 saturated carbocycles. The maximum Gasteiger partial charge on any atom is 0.317 e. The minimum atomic E-state index is -3.19. The zero-order chi connectivity index (χ0) is 29.1. The average molecular weight is 563 g/mol. The van der Waals surface area contributed by atoms with Crippen molar-refractivity contribution in [2.45, 2.75) is 57.7 Å². The van der Waals surface area contributed by atoms with Gasteiger partial charge in [-0.25, -0.2) is 14.6 Å². The molecule has 1 aromatic rings. The number of hydrogen-bond donors (Lipinski definition) is 3. The quantitative estimate of drug-likeness (QED) is 0.252. The third-order valence-corrected chi connectivity index (χ3v) is 6.94. The molecule has 40 heavy (non-hydrogen) atoms. The average Bonchev–Trinajstić information content (AvgIpc) is 2.96. The lowest BCUT2D eigenvalue weighted by atomic mass is 10.0. The normalized spacial score (nSPS) is 18.1. The van der Waals surface area contributed by atoms with Gasteiger partial charge in [0.2, 0.25) is 0 Å². The van der Waals surface area contributed by atoms with Crippen molar-refractivity contribution in [3.8, 4) is 5.75 Å². The number of benzene rings is 1. The molecule has 2 aliphatic rings. The maximum atomic E-state index is 15.0. The van der Waals surface area contributed by atoms with Crippen LogP contribution in [0.1, 0.15) is 45.1 Å². The molecular formula is C28H40F2N6O4. The molecule has 2 aliphatic heterocycles. The largest absolute Gasteiger partial charge is 0.490 e. The Labute approximate surface area is 234 Å². The molecule has 1 aromatic carbocycles. The summed E-state index contributed by atoms with van der Waals surface area (Å²) in [5.41, 5.74) is 5.52. The van der Waals surface area contributed by atoms with E-state index < -0.39 is 5.92 Å². The van der Waals surface area contributed by atoms with E-state index in [9.17, 15) is 9.59 Å². The van der Waals surface area contributed by atoms with Crippen LogP contribution in [0.15, 0.2) is 53.2 Å². The number of rotatable bonds is 8. The van der Waals surface area contributed by atoms with Gasteiger partial charge in [-0.15, -0.1) is 0 Å². The van der Waals surface area contributed by atoms with Crippen molar-refractivity contribution in [3.63, 3.8) is 0 Å². The first-order chi connectivity index (χ1) is 19.1. The minimum absolute atomic E-state index is 0.0552. The molecule has 0 spiro atoms. The van der Waals surface area contributed by atoms with Crippen LogP contribution in [-0.4, -0.2) is 79.9 Å². The fourth-order valence-electron chi connectivity index (χ4n) is 4.55. The summed E-state index contributed by atoms with van der Waals surface area (Å²) in [6.07, 6.45) is 6.36. The number of carbonyl (C=O) groups is 2. The van der Waals surface area contributed by atoms with Crippen LogP contribution in [-0.2, 0) is 10.7 Å². The Balaban J connectivity index is 1.47. The molecule has 3 rings (SSSR count). The fourth-order valence-corrected chi connectivity index (χ4v) is 4.55. The summed E-state index contributed by atoms with van der Waals surface area (Å²) in [6.45, 7) is 6.07. The van der Waals surface area contributed by atoms with Crippen LogP contribution < -0.4 is 21.1 Å². The molecule has 2 fully saturated rings. The van der Waals surface area contributed by atoms with Gasteiger partial charge in [0.05, 0.1) is 0 Å². The summed E-state index contributed by atoms with van der Waals surface area (Å²) in [7, 11) is 1.60. The van der Waals surface area contributed by atoms with Gasteiger partial charge in [-0.05, 0) is 44.2 Å². The van der Waals surface area contributed by atoms with Gasteiger partial charge in [0.25, 0.3) is 11.9 Å². The predicted octanol–water partition coefficient (Wildman–Crippen LogP) is 3.95. The van der Waals surface area contributed by atoms with E-state index in [0.717, 1.165) is 0 Å². The first-order valence-electron chi connectivity index (χ1n) is 13.6. The molecule has 0 atom stereocenters. The van der Waals surface area contributed by atoms with Gasteiger partial charge < -0.3 is 35.6 Å². The van der Waals surface area contributed by atoms with Gasteiger partial charge in [-0.3, -0.25) is 0 Å². The second-order valence-electron chi connectivity index (χ2n) is 9.76. The molecule has 220 valence electrons. The van der Waals surface area contributed by atoms with E-state index in [1.165, 1.54) is 37.4 Å². The van der Waals surface area contributed by atoms with Gasteiger partial charge >= 0.3 is 12.1 Å². The molecule has 12 heteroatoms. The lowest BCUT2D eigenvalue weighted by Gasteiger charge is -2.31. The third-order valence-electron chi connectivity index (χ3n) is 6.94. The van der Waals surface area contributed by atoms with Crippen LogP contribution in [0.2, 0.25) is 0 Å². The van der Waals surface area contributed by atoms with E-state index >= 15 is 8.78 Å².